The second kappa shape index (κ2) is 6.02. The first-order valence-corrected chi connectivity index (χ1v) is 7.72. The van der Waals surface area contributed by atoms with E-state index in [2.05, 4.69) is 13.8 Å². The smallest absolute Gasteiger partial charge is 0.320 e. The highest BCUT2D eigenvalue weighted by atomic mass is 16.4. The second-order valence-corrected chi connectivity index (χ2v) is 6.56. The van der Waals surface area contributed by atoms with Gasteiger partial charge in [-0.2, -0.15) is 0 Å². The summed E-state index contributed by atoms with van der Waals surface area (Å²) in [4.78, 5) is 27.2. The number of aliphatic carboxylic acids is 1. The molecule has 0 aromatic rings. The lowest BCUT2D eigenvalue weighted by molar-refractivity contribution is -0.143. The second-order valence-electron chi connectivity index (χ2n) is 6.56. The Bertz CT molecular complexity index is 375. The number of rotatable bonds is 2. The first-order valence-electron chi connectivity index (χ1n) is 7.72. The summed E-state index contributed by atoms with van der Waals surface area (Å²) in [5.74, 6) is -1.17. The fourth-order valence-corrected chi connectivity index (χ4v) is 3.14. The summed E-state index contributed by atoms with van der Waals surface area (Å²) in [5, 5.41) is 9.10. The van der Waals surface area contributed by atoms with Crippen LogP contribution in [0.15, 0.2) is 0 Å². The summed E-state index contributed by atoms with van der Waals surface area (Å²) in [6.07, 6.45) is 4.73. The Balaban J connectivity index is 1.90. The average molecular weight is 282 g/mol. The van der Waals surface area contributed by atoms with Crippen LogP contribution < -0.4 is 0 Å². The van der Waals surface area contributed by atoms with Crippen LogP contribution in [-0.2, 0) is 4.79 Å². The van der Waals surface area contributed by atoms with Crippen molar-refractivity contribution in [3.63, 3.8) is 0 Å². The Morgan fingerprint density at radius 2 is 1.85 bits per heavy atom. The lowest BCUT2D eigenvalue weighted by atomic mass is 9.78. The number of carboxylic acid groups (broad SMARTS) is 1. The van der Waals surface area contributed by atoms with Crippen molar-refractivity contribution >= 4 is 12.0 Å². The van der Waals surface area contributed by atoms with Gasteiger partial charge in [0.2, 0.25) is 0 Å². The molecule has 2 rings (SSSR count). The summed E-state index contributed by atoms with van der Waals surface area (Å²) >= 11 is 0. The highest BCUT2D eigenvalue weighted by molar-refractivity contribution is 5.76. The minimum atomic E-state index is -0.778. The minimum Gasteiger partial charge on any atom is -0.481 e. The SMILES string of the molecule is CCC1(C)CCN(C(=O)N2CCC[C@@H](C(=O)O)C2)CC1. The molecule has 2 heterocycles. The lowest BCUT2D eigenvalue weighted by Gasteiger charge is -2.42. The van der Waals surface area contributed by atoms with E-state index in [9.17, 15) is 9.59 Å². The number of amides is 2. The van der Waals surface area contributed by atoms with E-state index in [1.54, 1.807) is 4.90 Å². The average Bonchev–Trinajstić information content (AvgIpc) is 2.47. The topological polar surface area (TPSA) is 60.9 Å². The number of hydrogen-bond donors (Lipinski definition) is 1. The molecule has 0 aliphatic carbocycles. The van der Waals surface area contributed by atoms with Crippen LogP contribution in [0.5, 0.6) is 0 Å². The van der Waals surface area contributed by atoms with Gasteiger partial charge in [-0.3, -0.25) is 4.79 Å². The zero-order chi connectivity index (χ0) is 14.8. The summed E-state index contributed by atoms with van der Waals surface area (Å²) in [5.41, 5.74) is 0.363. The minimum absolute atomic E-state index is 0.0362. The summed E-state index contributed by atoms with van der Waals surface area (Å²) in [6, 6.07) is 0.0362. The van der Waals surface area contributed by atoms with Gasteiger partial charge in [-0.25, -0.2) is 4.79 Å². The lowest BCUT2D eigenvalue weighted by Crippen LogP contribution is -2.51. The van der Waals surface area contributed by atoms with Crippen LogP contribution in [0.4, 0.5) is 4.79 Å². The molecule has 0 radical (unpaired) electrons. The number of nitrogens with zero attached hydrogens (tertiary/aromatic N) is 2. The largest absolute Gasteiger partial charge is 0.481 e. The van der Waals surface area contributed by atoms with Crippen LogP contribution in [0.1, 0.15) is 46.0 Å². The van der Waals surface area contributed by atoms with E-state index >= 15 is 0 Å². The molecule has 114 valence electrons. The number of likely N-dealkylation sites (tertiary alicyclic amines) is 2. The molecule has 1 atom stereocenters. The number of hydrogen-bond acceptors (Lipinski definition) is 2. The molecule has 5 heteroatoms. The van der Waals surface area contributed by atoms with Crippen LogP contribution in [0.3, 0.4) is 0 Å². The van der Waals surface area contributed by atoms with Gasteiger partial charge in [0.25, 0.3) is 0 Å². The Labute approximate surface area is 120 Å². The van der Waals surface area contributed by atoms with E-state index in [4.69, 9.17) is 5.11 Å². The number of urea groups is 1. The molecule has 2 aliphatic heterocycles. The first kappa shape index (κ1) is 15.1. The first-order chi connectivity index (χ1) is 9.45. The van der Waals surface area contributed by atoms with Crippen molar-refractivity contribution < 1.29 is 14.7 Å². The quantitative estimate of drug-likeness (QED) is 0.846. The van der Waals surface area contributed by atoms with Gasteiger partial charge in [0.15, 0.2) is 0 Å². The zero-order valence-corrected chi connectivity index (χ0v) is 12.6. The maximum Gasteiger partial charge on any atom is 0.320 e. The molecular formula is C15H26N2O3. The molecule has 0 bridgehead atoms. The molecule has 2 aliphatic rings. The molecule has 0 spiro atoms. The van der Waals surface area contributed by atoms with Gasteiger partial charge in [0, 0.05) is 26.2 Å². The van der Waals surface area contributed by atoms with Crippen molar-refractivity contribution in [3.8, 4) is 0 Å². The molecule has 1 N–H and O–H groups in total. The van der Waals surface area contributed by atoms with E-state index in [-0.39, 0.29) is 6.03 Å². The number of carboxylic acids is 1. The van der Waals surface area contributed by atoms with E-state index in [0.717, 1.165) is 38.8 Å². The maximum atomic E-state index is 12.5. The number of carbonyl (C=O) groups excluding carboxylic acids is 1. The van der Waals surface area contributed by atoms with Crippen LogP contribution in [0, 0.1) is 11.3 Å². The zero-order valence-electron chi connectivity index (χ0n) is 12.6. The molecule has 0 saturated carbocycles. The van der Waals surface area contributed by atoms with Crippen LogP contribution in [0.25, 0.3) is 0 Å². The van der Waals surface area contributed by atoms with Gasteiger partial charge < -0.3 is 14.9 Å². The van der Waals surface area contributed by atoms with Crippen molar-refractivity contribution in [1.29, 1.82) is 0 Å². The van der Waals surface area contributed by atoms with Gasteiger partial charge in [-0.05, 0) is 31.1 Å². The van der Waals surface area contributed by atoms with E-state index < -0.39 is 11.9 Å². The van der Waals surface area contributed by atoms with Crippen LogP contribution in [0.2, 0.25) is 0 Å². The molecule has 20 heavy (non-hydrogen) atoms. The monoisotopic (exact) mass is 282 g/mol. The molecule has 0 aromatic heterocycles. The summed E-state index contributed by atoms with van der Waals surface area (Å²) in [7, 11) is 0. The van der Waals surface area contributed by atoms with Gasteiger partial charge in [-0.1, -0.05) is 20.3 Å². The van der Waals surface area contributed by atoms with Crippen LogP contribution in [-0.4, -0.2) is 53.1 Å². The Morgan fingerprint density at radius 1 is 1.20 bits per heavy atom. The Morgan fingerprint density at radius 3 is 2.40 bits per heavy atom. The van der Waals surface area contributed by atoms with Crippen LogP contribution >= 0.6 is 0 Å². The summed E-state index contributed by atoms with van der Waals surface area (Å²) < 4.78 is 0. The number of piperidine rings is 2. The highest BCUT2D eigenvalue weighted by Gasteiger charge is 2.34. The third kappa shape index (κ3) is 3.25. The van der Waals surface area contributed by atoms with Gasteiger partial charge in [-0.15, -0.1) is 0 Å². The molecule has 0 unspecified atom stereocenters. The predicted molar refractivity (Wildman–Crippen MR) is 76.5 cm³/mol. The normalized spacial score (nSPS) is 26.4. The molecule has 2 saturated heterocycles. The highest BCUT2D eigenvalue weighted by Crippen LogP contribution is 2.34. The molecule has 5 nitrogen and oxygen atoms in total. The molecule has 0 aromatic carbocycles. The van der Waals surface area contributed by atoms with Crippen molar-refractivity contribution in [2.45, 2.75) is 46.0 Å². The molecule has 2 amide bonds. The standard InChI is InChI=1S/C15H26N2O3/c1-3-15(2)6-9-16(10-7-15)14(20)17-8-4-5-12(11-17)13(18)19/h12H,3-11H2,1-2H3,(H,18,19)/t12-/m1/s1. The Hall–Kier alpha value is -1.26. The fraction of sp³-hybridized carbons (Fsp3) is 0.867. The van der Waals surface area contributed by atoms with E-state index in [1.807, 2.05) is 4.90 Å². The van der Waals surface area contributed by atoms with Crippen molar-refractivity contribution in [2.75, 3.05) is 26.2 Å². The van der Waals surface area contributed by atoms with E-state index in [0.29, 0.717) is 24.9 Å². The van der Waals surface area contributed by atoms with Gasteiger partial charge >= 0.3 is 12.0 Å². The molecule has 2 fully saturated rings. The van der Waals surface area contributed by atoms with Crippen molar-refractivity contribution in [1.82, 2.24) is 9.80 Å². The Kier molecular flexibility index (Phi) is 4.55. The van der Waals surface area contributed by atoms with Crippen molar-refractivity contribution in [3.05, 3.63) is 0 Å². The summed E-state index contributed by atoms with van der Waals surface area (Å²) in [6.45, 7) is 7.17. The third-order valence-corrected chi connectivity index (χ3v) is 5.14. The maximum absolute atomic E-state index is 12.5. The van der Waals surface area contributed by atoms with E-state index in [1.165, 1.54) is 0 Å². The molecular weight excluding hydrogens is 256 g/mol. The predicted octanol–water partition coefficient (Wildman–Crippen LogP) is 2.42. The third-order valence-electron chi connectivity index (χ3n) is 5.14. The van der Waals surface area contributed by atoms with Gasteiger partial charge in [0.05, 0.1) is 5.92 Å². The van der Waals surface area contributed by atoms with Gasteiger partial charge in [0.1, 0.15) is 0 Å². The van der Waals surface area contributed by atoms with Crippen molar-refractivity contribution in [2.24, 2.45) is 11.3 Å². The fourth-order valence-electron chi connectivity index (χ4n) is 3.14. The number of carbonyl (C=O) groups is 2.